The average molecular weight is 451 g/mol. The van der Waals surface area contributed by atoms with Gasteiger partial charge in [-0.05, 0) is 62.2 Å². The second-order valence-electron chi connectivity index (χ2n) is 9.92. The first-order chi connectivity index (χ1) is 15.6. The van der Waals surface area contributed by atoms with Crippen molar-refractivity contribution in [2.24, 2.45) is 5.92 Å². The molecule has 1 unspecified atom stereocenters. The highest BCUT2D eigenvalue weighted by Crippen LogP contribution is 2.34. The van der Waals surface area contributed by atoms with Crippen molar-refractivity contribution in [3.8, 4) is 0 Å². The lowest BCUT2D eigenvalue weighted by Gasteiger charge is -2.35. The molecular weight excluding hydrogens is 416 g/mol. The first kappa shape index (κ1) is 21.8. The molecule has 1 N–H and O–H groups in total. The van der Waals surface area contributed by atoms with Gasteiger partial charge in [-0.2, -0.15) is 0 Å². The van der Waals surface area contributed by atoms with Gasteiger partial charge in [0.2, 0.25) is 0 Å². The summed E-state index contributed by atoms with van der Waals surface area (Å²) >= 11 is 1.74. The Bertz CT molecular complexity index is 1110. The van der Waals surface area contributed by atoms with E-state index in [9.17, 15) is 4.79 Å². The monoisotopic (exact) mass is 450 g/mol. The van der Waals surface area contributed by atoms with Crippen LogP contribution in [-0.2, 0) is 25.9 Å². The van der Waals surface area contributed by atoms with Crippen LogP contribution in [0.25, 0.3) is 10.2 Å². The Hall–Kier alpha value is -2.02. The summed E-state index contributed by atoms with van der Waals surface area (Å²) in [5.74, 6) is 0.439. The minimum Gasteiger partial charge on any atom is -0.311 e. The molecule has 0 bridgehead atoms. The third-order valence-corrected chi connectivity index (χ3v) is 8.07. The highest BCUT2D eigenvalue weighted by atomic mass is 32.1. The molecule has 6 heteroatoms. The topological polar surface area (TPSA) is 50.2 Å². The maximum Gasteiger partial charge on any atom is 0.262 e. The number of aromatic nitrogens is 2. The van der Waals surface area contributed by atoms with E-state index in [1.165, 1.54) is 28.8 Å². The first-order valence-electron chi connectivity index (χ1n) is 12.1. The quantitative estimate of drug-likeness (QED) is 0.611. The number of benzene rings is 1. The number of rotatable bonds is 6. The predicted octanol–water partition coefficient (Wildman–Crippen LogP) is 4.23. The summed E-state index contributed by atoms with van der Waals surface area (Å²) in [5.41, 5.74) is 2.83. The van der Waals surface area contributed by atoms with Crippen LogP contribution in [0.4, 0.5) is 0 Å². The normalized spacial score (nSPS) is 20.2. The van der Waals surface area contributed by atoms with Crippen LogP contribution in [0, 0.1) is 5.92 Å². The second-order valence-corrected chi connectivity index (χ2v) is 11.0. The van der Waals surface area contributed by atoms with Crippen LogP contribution in [-0.4, -0.2) is 39.6 Å². The highest BCUT2D eigenvalue weighted by molar-refractivity contribution is 7.18. The maximum absolute atomic E-state index is 13.1. The zero-order valence-corrected chi connectivity index (χ0v) is 20.0. The van der Waals surface area contributed by atoms with Crippen LogP contribution in [0.3, 0.4) is 0 Å². The molecule has 1 fully saturated rings. The van der Waals surface area contributed by atoms with Crippen LogP contribution in [0.1, 0.15) is 49.1 Å². The van der Waals surface area contributed by atoms with E-state index in [1.807, 2.05) is 0 Å². The van der Waals surface area contributed by atoms with Gasteiger partial charge in [0.25, 0.3) is 5.56 Å². The number of hydrogen-bond acceptors (Lipinski definition) is 5. The molecule has 5 nitrogen and oxygen atoms in total. The number of nitrogens with one attached hydrogen (secondary N) is 1. The van der Waals surface area contributed by atoms with Gasteiger partial charge < -0.3 is 5.32 Å². The van der Waals surface area contributed by atoms with Gasteiger partial charge in [0.05, 0.1) is 11.7 Å². The molecule has 0 saturated carbocycles. The Morgan fingerprint density at radius 1 is 1.12 bits per heavy atom. The fourth-order valence-corrected chi connectivity index (χ4v) is 6.56. The highest BCUT2D eigenvalue weighted by Gasteiger charge is 2.28. The van der Waals surface area contributed by atoms with E-state index in [-0.39, 0.29) is 5.56 Å². The van der Waals surface area contributed by atoms with Crippen LogP contribution in [0.5, 0.6) is 0 Å². The molecule has 1 saturated heterocycles. The summed E-state index contributed by atoms with van der Waals surface area (Å²) in [7, 11) is 0. The average Bonchev–Trinajstić information content (AvgIpc) is 3.16. The summed E-state index contributed by atoms with van der Waals surface area (Å²) in [6.07, 6.45) is 7.30. The standard InChI is InChI=1S/C26H34N4OS/c1-18(2)15-30-17-27-25-24(26(30)31)22-9-8-21(14-23(22)32-25)28-20-10-12-29(13-11-20)16-19-6-4-3-5-7-19/h3-7,17-18,20-21,28H,8-16H2,1-2H3. The fraction of sp³-hybridized carbons (Fsp3) is 0.538. The van der Waals surface area contributed by atoms with E-state index in [2.05, 4.69) is 59.4 Å². The van der Waals surface area contributed by atoms with Crippen LogP contribution in [0.2, 0.25) is 0 Å². The molecule has 2 aromatic heterocycles. The van der Waals surface area contributed by atoms with Gasteiger partial charge in [0, 0.05) is 30.1 Å². The molecule has 2 aliphatic rings. The van der Waals surface area contributed by atoms with Crippen molar-refractivity contribution in [2.45, 2.75) is 71.1 Å². The van der Waals surface area contributed by atoms with E-state index < -0.39 is 0 Å². The number of aryl methyl sites for hydroxylation is 1. The van der Waals surface area contributed by atoms with E-state index in [0.717, 1.165) is 55.7 Å². The summed E-state index contributed by atoms with van der Waals surface area (Å²) in [4.78, 5) is 22.6. The summed E-state index contributed by atoms with van der Waals surface area (Å²) in [6, 6.07) is 11.9. The number of fused-ring (bicyclic) bond motifs is 3. The Morgan fingerprint density at radius 2 is 1.91 bits per heavy atom. The predicted molar refractivity (Wildman–Crippen MR) is 132 cm³/mol. The minimum absolute atomic E-state index is 0.151. The molecule has 32 heavy (non-hydrogen) atoms. The molecule has 1 aliphatic carbocycles. The van der Waals surface area contributed by atoms with Crippen molar-refractivity contribution in [1.82, 2.24) is 19.8 Å². The van der Waals surface area contributed by atoms with E-state index >= 15 is 0 Å². The Labute approximate surface area is 194 Å². The fourth-order valence-electron chi connectivity index (χ4n) is 5.30. The van der Waals surface area contributed by atoms with Crippen molar-refractivity contribution in [1.29, 1.82) is 0 Å². The van der Waals surface area contributed by atoms with Gasteiger partial charge >= 0.3 is 0 Å². The molecule has 5 rings (SSSR count). The lowest BCUT2D eigenvalue weighted by Crippen LogP contribution is -2.47. The Balaban J connectivity index is 1.20. The van der Waals surface area contributed by atoms with E-state index in [4.69, 9.17) is 0 Å². The third-order valence-electron chi connectivity index (χ3n) is 6.91. The molecule has 170 valence electrons. The van der Waals surface area contributed by atoms with E-state index in [1.54, 1.807) is 22.2 Å². The van der Waals surface area contributed by atoms with Crippen molar-refractivity contribution < 1.29 is 0 Å². The van der Waals surface area contributed by atoms with Gasteiger partial charge in [-0.25, -0.2) is 4.98 Å². The minimum atomic E-state index is 0.151. The maximum atomic E-state index is 13.1. The van der Waals surface area contributed by atoms with Crippen molar-refractivity contribution in [2.75, 3.05) is 13.1 Å². The first-order valence-corrected chi connectivity index (χ1v) is 12.9. The molecule has 1 atom stereocenters. The summed E-state index contributed by atoms with van der Waals surface area (Å²) in [5, 5.41) is 4.85. The zero-order valence-electron chi connectivity index (χ0n) is 19.2. The largest absolute Gasteiger partial charge is 0.311 e. The Kier molecular flexibility index (Phi) is 6.44. The lowest BCUT2D eigenvalue weighted by molar-refractivity contribution is 0.182. The number of piperidine rings is 1. The van der Waals surface area contributed by atoms with Crippen molar-refractivity contribution in [3.63, 3.8) is 0 Å². The number of nitrogens with zero attached hydrogens (tertiary/aromatic N) is 3. The number of hydrogen-bond donors (Lipinski definition) is 1. The van der Waals surface area contributed by atoms with Gasteiger partial charge in [-0.3, -0.25) is 14.3 Å². The zero-order chi connectivity index (χ0) is 22.1. The molecule has 1 aliphatic heterocycles. The molecule has 0 spiro atoms. The Morgan fingerprint density at radius 3 is 2.66 bits per heavy atom. The second kappa shape index (κ2) is 9.46. The van der Waals surface area contributed by atoms with Crippen LogP contribution >= 0.6 is 11.3 Å². The molecule has 3 heterocycles. The number of likely N-dealkylation sites (tertiary alicyclic amines) is 1. The SMILES string of the molecule is CC(C)Cn1cnc2sc3c(c2c1=O)CCC(NC1CCN(Cc2ccccc2)CC1)C3. The molecule has 0 amide bonds. The molecule has 0 radical (unpaired) electrons. The van der Waals surface area contributed by atoms with Crippen LogP contribution < -0.4 is 10.9 Å². The van der Waals surface area contributed by atoms with Gasteiger partial charge in [-0.1, -0.05) is 44.2 Å². The molecule has 3 aromatic rings. The van der Waals surface area contributed by atoms with Gasteiger partial charge in [0.1, 0.15) is 4.83 Å². The summed E-state index contributed by atoms with van der Waals surface area (Å²) in [6.45, 7) is 8.40. The lowest BCUT2D eigenvalue weighted by atomic mass is 9.91. The molecular formula is C26H34N4OS. The van der Waals surface area contributed by atoms with Crippen molar-refractivity contribution >= 4 is 21.6 Å². The summed E-state index contributed by atoms with van der Waals surface area (Å²) < 4.78 is 1.80. The third kappa shape index (κ3) is 4.68. The van der Waals surface area contributed by atoms with Crippen molar-refractivity contribution in [3.05, 3.63) is 63.0 Å². The van der Waals surface area contributed by atoms with Gasteiger partial charge in [0.15, 0.2) is 0 Å². The number of thiophene rings is 1. The van der Waals surface area contributed by atoms with Crippen LogP contribution in [0.15, 0.2) is 41.5 Å². The molecule has 1 aromatic carbocycles. The van der Waals surface area contributed by atoms with E-state index in [0.29, 0.717) is 18.0 Å². The smallest absolute Gasteiger partial charge is 0.262 e. The van der Waals surface area contributed by atoms with Gasteiger partial charge in [-0.15, -0.1) is 11.3 Å².